The number of nitrogens with zero attached hydrogens (tertiary/aromatic N) is 1. The molecule has 0 spiro atoms. The first kappa shape index (κ1) is 14.5. The molecule has 0 unspecified atom stereocenters. The third kappa shape index (κ3) is 2.67. The maximum atomic E-state index is 12.7. The highest BCUT2D eigenvalue weighted by molar-refractivity contribution is 6.01. The number of carboxylic acid groups (broad SMARTS) is 1. The van der Waals surface area contributed by atoms with E-state index in [2.05, 4.69) is 5.32 Å². The summed E-state index contributed by atoms with van der Waals surface area (Å²) < 4.78 is 5.12. The molecule has 1 fully saturated rings. The zero-order valence-corrected chi connectivity index (χ0v) is 11.8. The first-order valence-corrected chi connectivity index (χ1v) is 7.08. The predicted octanol–water partition coefficient (Wildman–Crippen LogP) is 0.424. The Morgan fingerprint density at radius 1 is 1.32 bits per heavy atom. The number of carbonyl (C=O) groups is 3. The molecule has 0 aromatic heterocycles. The number of ether oxygens (including phenoxy) is 1. The summed E-state index contributed by atoms with van der Waals surface area (Å²) in [5.74, 6) is -2.09. The van der Waals surface area contributed by atoms with Gasteiger partial charge in [0.25, 0.3) is 0 Å². The summed E-state index contributed by atoms with van der Waals surface area (Å²) in [7, 11) is 0. The van der Waals surface area contributed by atoms with E-state index in [1.807, 2.05) is 12.1 Å². The normalized spacial score (nSPS) is 24.4. The second kappa shape index (κ2) is 5.76. The standard InChI is InChI=1S/C15H16N2O5/c18-13-7-10(9-3-1-2-4-11(9)16-13)14(19)17-5-6-22-12(8-17)15(20)21/h1-4,10,12H,5-8H2,(H,16,18)(H,20,21)/t10-,12-/m1/s1. The molecule has 2 aliphatic rings. The van der Waals surface area contributed by atoms with Gasteiger partial charge in [0.15, 0.2) is 6.10 Å². The number of hydrogen-bond acceptors (Lipinski definition) is 4. The van der Waals surface area contributed by atoms with Crippen molar-refractivity contribution < 1.29 is 24.2 Å². The molecule has 0 bridgehead atoms. The lowest BCUT2D eigenvalue weighted by Gasteiger charge is -2.35. The highest BCUT2D eigenvalue weighted by Gasteiger charge is 2.36. The number of amides is 2. The van der Waals surface area contributed by atoms with Gasteiger partial charge in [-0.2, -0.15) is 0 Å². The summed E-state index contributed by atoms with van der Waals surface area (Å²) in [6.45, 7) is 0.528. The lowest BCUT2D eigenvalue weighted by molar-refractivity contribution is -0.160. The lowest BCUT2D eigenvalue weighted by atomic mass is 9.89. The Kier molecular flexibility index (Phi) is 3.81. The van der Waals surface area contributed by atoms with Gasteiger partial charge in [-0.25, -0.2) is 4.79 Å². The number of benzene rings is 1. The molecule has 2 atom stereocenters. The van der Waals surface area contributed by atoms with E-state index in [1.165, 1.54) is 4.90 Å². The molecule has 0 aliphatic carbocycles. The van der Waals surface area contributed by atoms with Crippen molar-refractivity contribution in [1.82, 2.24) is 4.90 Å². The number of fused-ring (bicyclic) bond motifs is 1. The molecular weight excluding hydrogens is 288 g/mol. The van der Waals surface area contributed by atoms with Crippen LogP contribution in [0, 0.1) is 0 Å². The average Bonchev–Trinajstić information content (AvgIpc) is 2.53. The molecule has 22 heavy (non-hydrogen) atoms. The fourth-order valence-electron chi connectivity index (χ4n) is 2.85. The molecule has 2 N–H and O–H groups in total. The van der Waals surface area contributed by atoms with Crippen LogP contribution in [-0.4, -0.2) is 53.6 Å². The number of para-hydroxylation sites is 1. The van der Waals surface area contributed by atoms with Gasteiger partial charge in [0.1, 0.15) is 0 Å². The SMILES string of the molecule is O=C1C[C@@H](C(=O)N2CCO[C@@H](C(=O)O)C2)c2ccccc2N1. The van der Waals surface area contributed by atoms with Crippen LogP contribution in [0.4, 0.5) is 5.69 Å². The quantitative estimate of drug-likeness (QED) is 0.826. The topological polar surface area (TPSA) is 95.9 Å². The number of nitrogens with one attached hydrogen (secondary N) is 1. The minimum absolute atomic E-state index is 0.00839. The number of carbonyl (C=O) groups excluding carboxylic acids is 2. The van der Waals surface area contributed by atoms with E-state index in [0.29, 0.717) is 12.2 Å². The zero-order valence-electron chi connectivity index (χ0n) is 11.8. The Morgan fingerprint density at radius 2 is 2.09 bits per heavy atom. The van der Waals surface area contributed by atoms with E-state index in [1.54, 1.807) is 12.1 Å². The van der Waals surface area contributed by atoms with Gasteiger partial charge in [-0.15, -0.1) is 0 Å². The molecule has 1 aromatic rings. The van der Waals surface area contributed by atoms with Gasteiger partial charge in [-0.05, 0) is 11.6 Å². The number of hydrogen-bond donors (Lipinski definition) is 2. The number of aliphatic carboxylic acids is 1. The van der Waals surface area contributed by atoms with Gasteiger partial charge in [0.2, 0.25) is 11.8 Å². The van der Waals surface area contributed by atoms with Gasteiger partial charge in [0, 0.05) is 18.7 Å². The molecule has 1 saturated heterocycles. The van der Waals surface area contributed by atoms with Crippen LogP contribution in [0.25, 0.3) is 0 Å². The lowest BCUT2D eigenvalue weighted by Crippen LogP contribution is -2.50. The maximum Gasteiger partial charge on any atom is 0.334 e. The third-order valence-corrected chi connectivity index (χ3v) is 3.95. The Bertz CT molecular complexity index is 630. The Labute approximate surface area is 126 Å². The molecule has 0 radical (unpaired) electrons. The molecule has 7 heteroatoms. The van der Waals surface area contributed by atoms with Crippen LogP contribution in [-0.2, 0) is 19.1 Å². The predicted molar refractivity (Wildman–Crippen MR) is 76.4 cm³/mol. The van der Waals surface area contributed by atoms with Gasteiger partial charge in [-0.1, -0.05) is 18.2 Å². The summed E-state index contributed by atoms with van der Waals surface area (Å²) in [6.07, 6.45) is -0.935. The maximum absolute atomic E-state index is 12.7. The Balaban J connectivity index is 1.83. The summed E-state index contributed by atoms with van der Waals surface area (Å²) in [4.78, 5) is 37.0. The number of anilines is 1. The summed E-state index contributed by atoms with van der Waals surface area (Å²) in [5, 5.41) is 11.8. The van der Waals surface area contributed by atoms with Crippen LogP contribution in [0.1, 0.15) is 17.9 Å². The summed E-state index contributed by atoms with van der Waals surface area (Å²) in [5.41, 5.74) is 1.41. The second-order valence-electron chi connectivity index (χ2n) is 5.37. The Morgan fingerprint density at radius 3 is 2.86 bits per heavy atom. The number of carboxylic acids is 1. The minimum atomic E-state index is -1.08. The first-order chi connectivity index (χ1) is 10.6. The van der Waals surface area contributed by atoms with E-state index in [9.17, 15) is 14.4 Å². The molecular formula is C15H16N2O5. The Hall–Kier alpha value is -2.41. The van der Waals surface area contributed by atoms with Crippen LogP contribution in [0.3, 0.4) is 0 Å². The number of morpholine rings is 1. The average molecular weight is 304 g/mol. The van der Waals surface area contributed by atoms with Crippen LogP contribution < -0.4 is 5.32 Å². The van der Waals surface area contributed by atoms with Gasteiger partial charge in [0.05, 0.1) is 19.1 Å². The van der Waals surface area contributed by atoms with Gasteiger partial charge in [-0.3, -0.25) is 9.59 Å². The van der Waals surface area contributed by atoms with Crippen molar-refractivity contribution in [2.45, 2.75) is 18.4 Å². The van der Waals surface area contributed by atoms with Crippen LogP contribution in [0.5, 0.6) is 0 Å². The molecule has 2 aliphatic heterocycles. The molecule has 2 heterocycles. The van der Waals surface area contributed by atoms with Crippen LogP contribution in [0.2, 0.25) is 0 Å². The van der Waals surface area contributed by atoms with E-state index < -0.39 is 18.0 Å². The molecule has 2 amide bonds. The first-order valence-electron chi connectivity index (χ1n) is 7.08. The van der Waals surface area contributed by atoms with Crippen LogP contribution >= 0.6 is 0 Å². The largest absolute Gasteiger partial charge is 0.479 e. The van der Waals surface area contributed by atoms with Crippen molar-refractivity contribution in [1.29, 1.82) is 0 Å². The van der Waals surface area contributed by atoms with E-state index in [0.717, 1.165) is 5.56 Å². The fraction of sp³-hybridized carbons (Fsp3) is 0.400. The molecule has 116 valence electrons. The number of rotatable bonds is 2. The fourth-order valence-corrected chi connectivity index (χ4v) is 2.85. The second-order valence-corrected chi connectivity index (χ2v) is 5.37. The molecule has 1 aromatic carbocycles. The van der Waals surface area contributed by atoms with Gasteiger partial charge >= 0.3 is 5.97 Å². The van der Waals surface area contributed by atoms with E-state index in [-0.39, 0.29) is 31.4 Å². The van der Waals surface area contributed by atoms with Crippen molar-refractivity contribution >= 4 is 23.5 Å². The minimum Gasteiger partial charge on any atom is -0.479 e. The summed E-state index contributed by atoms with van der Waals surface area (Å²) >= 11 is 0. The van der Waals surface area contributed by atoms with E-state index in [4.69, 9.17) is 9.84 Å². The van der Waals surface area contributed by atoms with Gasteiger partial charge < -0.3 is 20.1 Å². The smallest absolute Gasteiger partial charge is 0.334 e. The van der Waals surface area contributed by atoms with Crippen molar-refractivity contribution in [2.75, 3.05) is 25.0 Å². The third-order valence-electron chi connectivity index (χ3n) is 3.95. The van der Waals surface area contributed by atoms with Crippen molar-refractivity contribution in [3.63, 3.8) is 0 Å². The zero-order chi connectivity index (χ0) is 15.7. The highest BCUT2D eigenvalue weighted by Crippen LogP contribution is 2.33. The molecule has 3 rings (SSSR count). The molecule has 7 nitrogen and oxygen atoms in total. The van der Waals surface area contributed by atoms with Crippen molar-refractivity contribution in [3.05, 3.63) is 29.8 Å². The highest BCUT2D eigenvalue weighted by atomic mass is 16.5. The van der Waals surface area contributed by atoms with Crippen molar-refractivity contribution in [3.8, 4) is 0 Å². The summed E-state index contributed by atoms with van der Waals surface area (Å²) in [6, 6.07) is 7.18. The van der Waals surface area contributed by atoms with Crippen molar-refractivity contribution in [2.24, 2.45) is 0 Å². The van der Waals surface area contributed by atoms with E-state index >= 15 is 0 Å². The monoisotopic (exact) mass is 304 g/mol. The van der Waals surface area contributed by atoms with Crippen LogP contribution in [0.15, 0.2) is 24.3 Å². The molecule has 0 saturated carbocycles.